The lowest BCUT2D eigenvalue weighted by atomic mass is 10.1. The van der Waals surface area contributed by atoms with Crippen molar-refractivity contribution >= 4 is 66.7 Å². The third kappa shape index (κ3) is 7.83. The maximum Gasteiger partial charge on any atom is 0.264 e. The zero-order valence-electron chi connectivity index (χ0n) is 22.8. The van der Waals surface area contributed by atoms with Crippen LogP contribution in [0.4, 0.5) is 5.69 Å². The van der Waals surface area contributed by atoms with E-state index < -0.39 is 28.5 Å². The summed E-state index contributed by atoms with van der Waals surface area (Å²) >= 11 is 15.7. The Morgan fingerprint density at radius 2 is 1.61 bits per heavy atom. The molecule has 1 atom stereocenters. The van der Waals surface area contributed by atoms with Crippen molar-refractivity contribution in [2.45, 2.75) is 63.1 Å². The van der Waals surface area contributed by atoms with Crippen molar-refractivity contribution in [3.8, 4) is 0 Å². The fourth-order valence-electron chi connectivity index (χ4n) is 4.78. The van der Waals surface area contributed by atoms with Gasteiger partial charge in [-0.15, -0.1) is 0 Å². The van der Waals surface area contributed by atoms with Gasteiger partial charge < -0.3 is 10.2 Å². The predicted molar refractivity (Wildman–Crippen MR) is 167 cm³/mol. The average molecular weight is 681 g/mol. The molecule has 0 heterocycles. The number of carbonyl (C=O) groups is 2. The third-order valence-corrected chi connectivity index (χ3v) is 10.3. The van der Waals surface area contributed by atoms with Crippen LogP contribution in [-0.4, -0.2) is 43.8 Å². The molecule has 0 bridgehead atoms. The fourth-order valence-corrected chi connectivity index (χ4v) is 6.78. The highest BCUT2D eigenvalue weighted by Gasteiger charge is 2.33. The van der Waals surface area contributed by atoms with Crippen LogP contribution in [0.3, 0.4) is 0 Å². The first-order valence-electron chi connectivity index (χ1n) is 13.3. The van der Waals surface area contributed by atoms with Crippen LogP contribution in [0.25, 0.3) is 0 Å². The Morgan fingerprint density at radius 1 is 0.976 bits per heavy atom. The third-order valence-electron chi connectivity index (χ3n) is 7.21. The first kappa shape index (κ1) is 31.3. The predicted octanol–water partition coefficient (Wildman–Crippen LogP) is 6.74. The minimum absolute atomic E-state index is 0.0354. The number of amides is 2. The van der Waals surface area contributed by atoms with Crippen molar-refractivity contribution in [2.75, 3.05) is 10.8 Å². The number of rotatable bonds is 10. The quantitative estimate of drug-likeness (QED) is 0.257. The van der Waals surface area contributed by atoms with E-state index in [4.69, 9.17) is 23.2 Å². The van der Waals surface area contributed by atoms with Crippen LogP contribution in [0.1, 0.15) is 43.7 Å². The highest BCUT2D eigenvalue weighted by atomic mass is 79.9. The van der Waals surface area contributed by atoms with Crippen molar-refractivity contribution in [3.63, 3.8) is 0 Å². The lowest BCUT2D eigenvalue weighted by molar-refractivity contribution is -0.139. The number of benzene rings is 3. The van der Waals surface area contributed by atoms with E-state index in [9.17, 15) is 18.0 Å². The van der Waals surface area contributed by atoms with Gasteiger partial charge in [0, 0.05) is 17.1 Å². The minimum Gasteiger partial charge on any atom is -0.352 e. The van der Waals surface area contributed by atoms with Crippen LogP contribution in [-0.2, 0) is 26.2 Å². The highest BCUT2D eigenvalue weighted by molar-refractivity contribution is 9.10. The molecule has 4 rings (SSSR count). The number of anilines is 1. The standard InChI is InChI=1S/C30H32BrCl2N3O4S/c1-20-7-14-26(15-8-20)41(39,40)36(25-12-10-23(31)11-13-25)19-29(37)35(18-22-9-16-27(32)28(33)17-22)21(2)30(38)34-24-5-3-4-6-24/h7-17,21,24H,3-6,18-19H2,1-2H3,(H,34,38)/t21-/m1/s1. The van der Waals surface area contributed by atoms with Crippen LogP contribution >= 0.6 is 39.1 Å². The number of hydrogen-bond donors (Lipinski definition) is 1. The van der Waals surface area contributed by atoms with E-state index in [1.54, 1.807) is 61.5 Å². The van der Waals surface area contributed by atoms with Gasteiger partial charge in [-0.3, -0.25) is 13.9 Å². The molecule has 0 aliphatic heterocycles. The zero-order chi connectivity index (χ0) is 29.7. The number of sulfonamides is 1. The number of aryl methyl sites for hydroxylation is 1. The van der Waals surface area contributed by atoms with Gasteiger partial charge in [0.2, 0.25) is 11.8 Å². The summed E-state index contributed by atoms with van der Waals surface area (Å²) in [6, 6.07) is 17.3. The Balaban J connectivity index is 1.69. The van der Waals surface area contributed by atoms with Gasteiger partial charge in [0.05, 0.1) is 20.6 Å². The van der Waals surface area contributed by atoms with Crippen molar-refractivity contribution in [2.24, 2.45) is 0 Å². The van der Waals surface area contributed by atoms with E-state index in [1.165, 1.54) is 17.0 Å². The molecule has 3 aromatic rings. The number of halogens is 3. The molecule has 0 unspecified atom stereocenters. The van der Waals surface area contributed by atoms with E-state index in [0.717, 1.165) is 40.0 Å². The van der Waals surface area contributed by atoms with Gasteiger partial charge in [0.15, 0.2) is 0 Å². The van der Waals surface area contributed by atoms with Gasteiger partial charge in [0.25, 0.3) is 10.0 Å². The molecule has 218 valence electrons. The molecule has 3 aromatic carbocycles. The SMILES string of the molecule is Cc1ccc(S(=O)(=O)N(CC(=O)N(Cc2ccc(Cl)c(Cl)c2)[C@H](C)C(=O)NC2CCCC2)c2ccc(Br)cc2)cc1. The topological polar surface area (TPSA) is 86.8 Å². The van der Waals surface area contributed by atoms with E-state index in [2.05, 4.69) is 21.2 Å². The summed E-state index contributed by atoms with van der Waals surface area (Å²) < 4.78 is 29.6. The summed E-state index contributed by atoms with van der Waals surface area (Å²) in [6.45, 7) is 3.04. The van der Waals surface area contributed by atoms with Crippen LogP contribution in [0.2, 0.25) is 10.0 Å². The summed E-state index contributed by atoms with van der Waals surface area (Å²) in [7, 11) is -4.13. The number of hydrogen-bond acceptors (Lipinski definition) is 4. The van der Waals surface area contributed by atoms with Crippen molar-refractivity contribution < 1.29 is 18.0 Å². The second kappa shape index (κ2) is 13.6. The van der Waals surface area contributed by atoms with Crippen molar-refractivity contribution in [1.29, 1.82) is 0 Å². The Morgan fingerprint density at radius 3 is 2.22 bits per heavy atom. The number of carbonyl (C=O) groups excluding carboxylic acids is 2. The molecule has 1 fully saturated rings. The van der Waals surface area contributed by atoms with Crippen LogP contribution in [0, 0.1) is 6.92 Å². The molecule has 2 amide bonds. The molecule has 1 N–H and O–H groups in total. The normalized spacial score (nSPS) is 14.5. The number of nitrogens with zero attached hydrogens (tertiary/aromatic N) is 2. The summed E-state index contributed by atoms with van der Waals surface area (Å²) in [5.74, 6) is -0.828. The van der Waals surface area contributed by atoms with Gasteiger partial charge in [-0.25, -0.2) is 8.42 Å². The molecule has 0 radical (unpaired) electrons. The highest BCUT2D eigenvalue weighted by Crippen LogP contribution is 2.28. The molecular formula is C30H32BrCl2N3O4S. The van der Waals surface area contributed by atoms with E-state index in [1.807, 2.05) is 6.92 Å². The molecule has 0 aromatic heterocycles. The fraction of sp³-hybridized carbons (Fsp3) is 0.333. The second-order valence-corrected chi connectivity index (χ2v) is 13.8. The Kier molecular flexibility index (Phi) is 10.4. The minimum atomic E-state index is -4.13. The first-order chi connectivity index (χ1) is 19.5. The molecular weight excluding hydrogens is 649 g/mol. The number of nitrogens with one attached hydrogen (secondary N) is 1. The molecule has 7 nitrogen and oxygen atoms in total. The Bertz CT molecular complexity index is 1500. The van der Waals surface area contributed by atoms with Gasteiger partial charge in [-0.05, 0) is 80.8 Å². The maximum atomic E-state index is 14.0. The monoisotopic (exact) mass is 679 g/mol. The van der Waals surface area contributed by atoms with Crippen molar-refractivity contribution in [3.05, 3.63) is 92.4 Å². The molecule has 1 aliphatic rings. The lowest BCUT2D eigenvalue weighted by Crippen LogP contribution is -2.52. The second-order valence-electron chi connectivity index (χ2n) is 10.2. The Hall–Kier alpha value is -2.59. The van der Waals surface area contributed by atoms with Gasteiger partial charge in [-0.2, -0.15) is 0 Å². The van der Waals surface area contributed by atoms with Crippen LogP contribution in [0.15, 0.2) is 76.1 Å². The summed E-state index contributed by atoms with van der Waals surface area (Å²) in [5, 5.41) is 3.74. The average Bonchev–Trinajstić information content (AvgIpc) is 3.45. The zero-order valence-corrected chi connectivity index (χ0v) is 26.7. The Labute approximate surface area is 260 Å². The maximum absolute atomic E-state index is 14.0. The van der Waals surface area contributed by atoms with E-state index in [0.29, 0.717) is 21.3 Å². The molecule has 11 heteroatoms. The molecule has 0 spiro atoms. The summed E-state index contributed by atoms with van der Waals surface area (Å²) in [4.78, 5) is 28.8. The molecule has 1 saturated carbocycles. The van der Waals surface area contributed by atoms with Crippen molar-refractivity contribution in [1.82, 2.24) is 10.2 Å². The molecule has 41 heavy (non-hydrogen) atoms. The lowest BCUT2D eigenvalue weighted by Gasteiger charge is -2.32. The molecule has 0 saturated heterocycles. The van der Waals surface area contributed by atoms with Gasteiger partial charge in [0.1, 0.15) is 12.6 Å². The van der Waals surface area contributed by atoms with E-state index in [-0.39, 0.29) is 23.4 Å². The van der Waals surface area contributed by atoms with Gasteiger partial charge in [-0.1, -0.05) is 75.7 Å². The van der Waals surface area contributed by atoms with Crippen LogP contribution in [0.5, 0.6) is 0 Å². The first-order valence-corrected chi connectivity index (χ1v) is 16.3. The largest absolute Gasteiger partial charge is 0.352 e. The molecule has 1 aliphatic carbocycles. The summed E-state index contributed by atoms with van der Waals surface area (Å²) in [6.07, 6.45) is 3.88. The smallest absolute Gasteiger partial charge is 0.264 e. The van der Waals surface area contributed by atoms with E-state index >= 15 is 0 Å². The summed E-state index contributed by atoms with van der Waals surface area (Å²) in [5.41, 5.74) is 1.88. The van der Waals surface area contributed by atoms with Gasteiger partial charge >= 0.3 is 0 Å². The van der Waals surface area contributed by atoms with Crippen LogP contribution < -0.4 is 9.62 Å².